The molecule has 3 heterocycles. The minimum atomic E-state index is -0.263. The average molecular weight is 441 g/mol. The van der Waals surface area contributed by atoms with Gasteiger partial charge in [0.05, 0.1) is 0 Å². The first-order valence-corrected chi connectivity index (χ1v) is 11.5. The van der Waals surface area contributed by atoms with Gasteiger partial charge in [0.15, 0.2) is 10.8 Å². The zero-order valence-corrected chi connectivity index (χ0v) is 19.0. The molecule has 164 valence electrons. The van der Waals surface area contributed by atoms with Crippen LogP contribution in [-0.4, -0.2) is 58.1 Å². The number of hydrogen-bond donors (Lipinski definition) is 1. The zero-order valence-electron chi connectivity index (χ0n) is 18.2. The second-order valence-corrected chi connectivity index (χ2v) is 9.05. The van der Waals surface area contributed by atoms with E-state index in [4.69, 9.17) is 0 Å². The van der Waals surface area contributed by atoms with Gasteiger partial charge in [-0.05, 0) is 30.2 Å². The van der Waals surface area contributed by atoms with Crippen molar-refractivity contribution in [3.05, 3.63) is 46.5 Å². The molecule has 0 atom stereocenters. The molecule has 0 radical (unpaired) electrons. The van der Waals surface area contributed by atoms with Crippen molar-refractivity contribution in [1.82, 2.24) is 19.4 Å². The molecule has 1 aliphatic heterocycles. The second kappa shape index (κ2) is 9.15. The third-order valence-corrected chi connectivity index (χ3v) is 6.73. The number of amides is 1. The fourth-order valence-corrected chi connectivity index (χ4v) is 4.67. The molecule has 8 nitrogen and oxygen atoms in total. The van der Waals surface area contributed by atoms with E-state index in [9.17, 15) is 9.59 Å². The van der Waals surface area contributed by atoms with Crippen LogP contribution < -0.4 is 15.8 Å². The van der Waals surface area contributed by atoms with Gasteiger partial charge in [0.1, 0.15) is 17.6 Å². The number of nitrogens with zero attached hydrogens (tertiary/aromatic N) is 5. The lowest BCUT2D eigenvalue weighted by Crippen LogP contribution is -2.46. The molecule has 1 saturated heterocycles. The van der Waals surface area contributed by atoms with Gasteiger partial charge in [-0.25, -0.2) is 4.98 Å². The van der Waals surface area contributed by atoms with Crippen molar-refractivity contribution in [2.45, 2.75) is 33.2 Å². The summed E-state index contributed by atoms with van der Waals surface area (Å²) < 4.78 is 1.83. The number of piperazine rings is 1. The van der Waals surface area contributed by atoms with Crippen LogP contribution in [0.1, 0.15) is 32.3 Å². The molecule has 1 N–H and O–H groups in total. The number of likely N-dealkylation sites (N-methyl/N-ethyl adjacent to an activating group) is 1. The van der Waals surface area contributed by atoms with E-state index in [0.29, 0.717) is 22.0 Å². The van der Waals surface area contributed by atoms with Crippen LogP contribution in [0, 0.1) is 0 Å². The monoisotopic (exact) mass is 440 g/mol. The topological polar surface area (TPSA) is 83.4 Å². The lowest BCUT2D eigenvalue weighted by molar-refractivity contribution is -0.116. The minimum Gasteiger partial charge on any atom is -0.345 e. The highest BCUT2D eigenvalue weighted by Gasteiger charge is 2.20. The molecule has 9 heteroatoms. The van der Waals surface area contributed by atoms with Crippen LogP contribution >= 0.6 is 11.3 Å². The van der Waals surface area contributed by atoms with Gasteiger partial charge in [0.2, 0.25) is 5.91 Å². The van der Waals surface area contributed by atoms with E-state index in [-0.39, 0.29) is 18.0 Å². The summed E-state index contributed by atoms with van der Waals surface area (Å²) in [4.78, 5) is 38.9. The maximum atomic E-state index is 12.9. The van der Waals surface area contributed by atoms with Gasteiger partial charge < -0.3 is 15.1 Å². The Balaban J connectivity index is 1.46. The second-order valence-electron chi connectivity index (χ2n) is 8.07. The average Bonchev–Trinajstić information content (AvgIpc) is 3.21. The van der Waals surface area contributed by atoms with E-state index in [1.807, 2.05) is 24.3 Å². The van der Waals surface area contributed by atoms with Crippen molar-refractivity contribution in [2.75, 3.05) is 42.9 Å². The first-order chi connectivity index (χ1) is 14.9. The fourth-order valence-electron chi connectivity index (χ4n) is 3.65. The summed E-state index contributed by atoms with van der Waals surface area (Å²) in [5.74, 6) is 0.168. The molecule has 0 unspecified atom stereocenters. The molecule has 1 fully saturated rings. The molecule has 1 aromatic carbocycles. The first kappa shape index (κ1) is 21.5. The minimum absolute atomic E-state index is 0.0872. The van der Waals surface area contributed by atoms with Gasteiger partial charge in [0, 0.05) is 31.9 Å². The summed E-state index contributed by atoms with van der Waals surface area (Å²) in [6, 6.07) is 7.76. The van der Waals surface area contributed by atoms with Crippen molar-refractivity contribution in [1.29, 1.82) is 0 Å². The number of aromatic nitrogens is 3. The molecular weight excluding hydrogens is 412 g/mol. The molecule has 31 heavy (non-hydrogen) atoms. The number of nitrogens with one attached hydrogen (secondary N) is 1. The number of fused-ring (bicyclic) bond motifs is 1. The molecule has 2 aromatic heterocycles. The molecule has 0 saturated carbocycles. The summed E-state index contributed by atoms with van der Waals surface area (Å²) in [5, 5.41) is 3.67. The molecular formula is C22H28N6O2S. The van der Waals surface area contributed by atoms with Crippen LogP contribution in [0.25, 0.3) is 10.3 Å². The third-order valence-electron chi connectivity index (χ3n) is 5.64. The van der Waals surface area contributed by atoms with E-state index < -0.39 is 0 Å². The summed E-state index contributed by atoms with van der Waals surface area (Å²) in [5.41, 5.74) is 2.14. The summed E-state index contributed by atoms with van der Waals surface area (Å²) in [7, 11) is 0. The Labute approximate surface area is 185 Å². The number of carbonyl (C=O) groups is 1. The Morgan fingerprint density at radius 2 is 1.87 bits per heavy atom. The van der Waals surface area contributed by atoms with Crippen LogP contribution in [-0.2, 0) is 11.3 Å². The molecule has 0 bridgehead atoms. The van der Waals surface area contributed by atoms with Gasteiger partial charge >= 0.3 is 0 Å². The number of carbonyl (C=O) groups excluding carboxylic acids is 1. The molecule has 1 amide bonds. The lowest BCUT2D eigenvalue weighted by atomic mass is 10.0. The van der Waals surface area contributed by atoms with Crippen molar-refractivity contribution in [3.63, 3.8) is 0 Å². The van der Waals surface area contributed by atoms with E-state index in [0.717, 1.165) is 37.9 Å². The van der Waals surface area contributed by atoms with Crippen molar-refractivity contribution in [2.24, 2.45) is 0 Å². The largest absolute Gasteiger partial charge is 0.345 e. The lowest BCUT2D eigenvalue weighted by Gasteiger charge is -2.33. The Morgan fingerprint density at radius 1 is 1.16 bits per heavy atom. The highest BCUT2D eigenvalue weighted by Crippen LogP contribution is 2.26. The van der Waals surface area contributed by atoms with Crippen LogP contribution in [0.3, 0.4) is 0 Å². The molecule has 4 rings (SSSR count). The van der Waals surface area contributed by atoms with Crippen LogP contribution in [0.2, 0.25) is 0 Å². The maximum absolute atomic E-state index is 12.9. The molecule has 0 spiro atoms. The van der Waals surface area contributed by atoms with Gasteiger partial charge in [-0.3, -0.25) is 14.2 Å². The van der Waals surface area contributed by atoms with Crippen LogP contribution in [0.5, 0.6) is 0 Å². The van der Waals surface area contributed by atoms with Crippen LogP contribution in [0.4, 0.5) is 10.8 Å². The van der Waals surface area contributed by atoms with E-state index in [1.165, 1.54) is 27.8 Å². The number of hydrogen-bond acceptors (Lipinski definition) is 7. The smallest absolute Gasteiger partial charge is 0.273 e. The van der Waals surface area contributed by atoms with Gasteiger partial charge in [-0.1, -0.05) is 44.2 Å². The summed E-state index contributed by atoms with van der Waals surface area (Å²) >= 11 is 1.36. The predicted molar refractivity (Wildman–Crippen MR) is 125 cm³/mol. The van der Waals surface area contributed by atoms with Crippen LogP contribution in [0.15, 0.2) is 35.4 Å². The van der Waals surface area contributed by atoms with Gasteiger partial charge in [0.25, 0.3) is 5.56 Å². The van der Waals surface area contributed by atoms with Crippen molar-refractivity contribution < 1.29 is 4.79 Å². The van der Waals surface area contributed by atoms with Crippen molar-refractivity contribution in [3.8, 4) is 0 Å². The molecule has 1 aliphatic rings. The molecule has 0 aliphatic carbocycles. The number of rotatable bonds is 6. The SMILES string of the molecule is CCN1CCN(c2nc3ncn(CC(=O)Nc4ccc(C(C)C)cc4)c(=O)c3s2)CC1. The van der Waals surface area contributed by atoms with Crippen molar-refractivity contribution >= 4 is 38.4 Å². The fraction of sp³-hybridized carbons (Fsp3) is 0.455. The Hall–Kier alpha value is -2.78. The highest BCUT2D eigenvalue weighted by molar-refractivity contribution is 7.22. The third kappa shape index (κ3) is 4.77. The predicted octanol–water partition coefficient (Wildman–Crippen LogP) is 2.76. The summed E-state index contributed by atoms with van der Waals surface area (Å²) in [6.07, 6.45) is 1.41. The van der Waals surface area contributed by atoms with E-state index >= 15 is 0 Å². The van der Waals surface area contributed by atoms with Gasteiger partial charge in [-0.2, -0.15) is 4.98 Å². The Bertz CT molecular complexity index is 1110. The van der Waals surface area contributed by atoms with E-state index in [1.54, 1.807) is 0 Å². The zero-order chi connectivity index (χ0) is 22.0. The number of anilines is 2. The quantitative estimate of drug-likeness (QED) is 0.635. The Kier molecular flexibility index (Phi) is 6.33. The highest BCUT2D eigenvalue weighted by atomic mass is 32.1. The maximum Gasteiger partial charge on any atom is 0.273 e. The number of thiazole rings is 1. The normalized spacial score (nSPS) is 15.0. The first-order valence-electron chi connectivity index (χ1n) is 10.7. The molecule has 3 aromatic rings. The van der Waals surface area contributed by atoms with Gasteiger partial charge in [-0.15, -0.1) is 0 Å². The number of benzene rings is 1. The Morgan fingerprint density at radius 3 is 2.52 bits per heavy atom. The standard InChI is InChI=1S/C22H28N6O2S/c1-4-26-9-11-27(12-10-26)22-25-20-19(31-22)21(30)28(14-23-20)13-18(29)24-17-7-5-16(6-8-17)15(2)3/h5-8,14-15H,4,9-13H2,1-3H3,(H,24,29). The summed E-state index contributed by atoms with van der Waals surface area (Å²) in [6.45, 7) is 11.1. The van der Waals surface area contributed by atoms with E-state index in [2.05, 4.69) is 45.9 Å².